The lowest BCUT2D eigenvalue weighted by atomic mass is 10.3. The minimum Gasteiger partial charge on any atom is -0.495 e. The van der Waals surface area contributed by atoms with Crippen molar-refractivity contribution in [3.63, 3.8) is 0 Å². The Morgan fingerprint density at radius 3 is 2.75 bits per heavy atom. The van der Waals surface area contributed by atoms with Gasteiger partial charge in [0.1, 0.15) is 11.6 Å². The molecule has 3 N–H and O–H groups in total. The lowest BCUT2D eigenvalue weighted by Crippen LogP contribution is -2.02. The molecule has 0 amide bonds. The molecule has 0 saturated heterocycles. The molecule has 2 aromatic rings. The average molecular weight is 295 g/mol. The zero-order valence-corrected chi connectivity index (χ0v) is 11.2. The molecular weight excluding hydrogens is 284 g/mol. The summed E-state index contributed by atoms with van der Waals surface area (Å²) in [7, 11) is 1.50. The number of nitrogen functional groups attached to an aromatic ring is 1. The van der Waals surface area contributed by atoms with Gasteiger partial charge in [-0.2, -0.15) is 0 Å². The lowest BCUT2D eigenvalue weighted by Gasteiger charge is -2.09. The molecule has 104 valence electrons. The molecule has 7 nitrogen and oxygen atoms in total. The number of hydrogen-bond donors (Lipinski definition) is 2. The van der Waals surface area contributed by atoms with Gasteiger partial charge in [0.15, 0.2) is 0 Å². The fourth-order valence-electron chi connectivity index (χ4n) is 1.59. The first-order valence-electron chi connectivity index (χ1n) is 5.52. The third kappa shape index (κ3) is 2.89. The van der Waals surface area contributed by atoms with Crippen LogP contribution in [0.15, 0.2) is 30.3 Å². The van der Waals surface area contributed by atoms with E-state index >= 15 is 0 Å². The van der Waals surface area contributed by atoms with Gasteiger partial charge >= 0.3 is 5.69 Å². The maximum atomic E-state index is 10.9. The first kappa shape index (κ1) is 13.9. The largest absolute Gasteiger partial charge is 0.495 e. The molecule has 0 unspecified atom stereocenters. The van der Waals surface area contributed by atoms with Gasteiger partial charge in [-0.3, -0.25) is 10.1 Å². The number of nitrogens with two attached hydrogens (primary N) is 1. The van der Waals surface area contributed by atoms with Gasteiger partial charge in [-0.15, -0.1) is 0 Å². The standard InChI is InChI=1S/C12H11ClN4O3/c1-20-10-4-2-7(6-8(10)13)15-12-9(17(18)19)3-5-11(14)16-12/h2-6H,1H3,(H3,14,15,16). The van der Waals surface area contributed by atoms with Crippen molar-refractivity contribution < 1.29 is 9.66 Å². The van der Waals surface area contributed by atoms with Crippen molar-refractivity contribution in [3.05, 3.63) is 45.5 Å². The quantitative estimate of drug-likeness (QED) is 0.663. The van der Waals surface area contributed by atoms with Crippen LogP contribution in [-0.4, -0.2) is 17.0 Å². The Morgan fingerprint density at radius 2 is 2.15 bits per heavy atom. The summed E-state index contributed by atoms with van der Waals surface area (Å²) in [5.41, 5.74) is 5.90. The summed E-state index contributed by atoms with van der Waals surface area (Å²) in [5, 5.41) is 14.1. The summed E-state index contributed by atoms with van der Waals surface area (Å²) < 4.78 is 5.03. The van der Waals surface area contributed by atoms with Gasteiger partial charge in [-0.05, 0) is 24.3 Å². The second-order valence-corrected chi connectivity index (χ2v) is 4.24. The molecule has 8 heteroatoms. The Kier molecular flexibility index (Phi) is 3.90. The van der Waals surface area contributed by atoms with Gasteiger partial charge in [-0.1, -0.05) is 11.6 Å². The van der Waals surface area contributed by atoms with Crippen LogP contribution in [0.3, 0.4) is 0 Å². The summed E-state index contributed by atoms with van der Waals surface area (Å²) in [6.45, 7) is 0. The van der Waals surface area contributed by atoms with Gasteiger partial charge in [0, 0.05) is 11.8 Å². The molecule has 0 fully saturated rings. The van der Waals surface area contributed by atoms with E-state index < -0.39 is 4.92 Å². The van der Waals surface area contributed by atoms with E-state index in [1.54, 1.807) is 18.2 Å². The molecule has 0 atom stereocenters. The van der Waals surface area contributed by atoms with Crippen molar-refractivity contribution in [2.45, 2.75) is 0 Å². The Balaban J connectivity index is 2.36. The normalized spacial score (nSPS) is 10.1. The minimum atomic E-state index is -0.542. The van der Waals surface area contributed by atoms with Crippen LogP contribution >= 0.6 is 11.6 Å². The highest BCUT2D eigenvalue weighted by atomic mass is 35.5. The monoisotopic (exact) mass is 294 g/mol. The van der Waals surface area contributed by atoms with Crippen molar-refractivity contribution in [1.82, 2.24) is 4.98 Å². The molecule has 20 heavy (non-hydrogen) atoms. The van der Waals surface area contributed by atoms with Crippen molar-refractivity contribution in [2.75, 3.05) is 18.2 Å². The Labute approximate surface area is 119 Å². The number of pyridine rings is 1. The third-order valence-corrected chi connectivity index (χ3v) is 2.80. The first-order chi connectivity index (χ1) is 9.51. The molecule has 0 aliphatic heterocycles. The highest BCUT2D eigenvalue weighted by Gasteiger charge is 2.16. The summed E-state index contributed by atoms with van der Waals surface area (Å²) in [6.07, 6.45) is 0. The molecular formula is C12H11ClN4O3. The Hall–Kier alpha value is -2.54. The summed E-state index contributed by atoms with van der Waals surface area (Å²) >= 11 is 5.99. The van der Waals surface area contributed by atoms with Crippen LogP contribution in [0.2, 0.25) is 5.02 Å². The maximum Gasteiger partial charge on any atom is 0.311 e. The summed E-state index contributed by atoms with van der Waals surface area (Å²) in [6, 6.07) is 7.54. The predicted octanol–water partition coefficient (Wildman–Crippen LogP) is 2.98. The fourth-order valence-corrected chi connectivity index (χ4v) is 1.84. The number of nitrogens with one attached hydrogen (secondary N) is 1. The molecule has 0 spiro atoms. The molecule has 0 aliphatic carbocycles. The van der Waals surface area contributed by atoms with Gasteiger partial charge in [0.05, 0.1) is 17.1 Å². The van der Waals surface area contributed by atoms with Gasteiger partial charge in [-0.25, -0.2) is 4.98 Å². The number of hydrogen-bond acceptors (Lipinski definition) is 6. The zero-order valence-electron chi connectivity index (χ0n) is 10.5. The van der Waals surface area contributed by atoms with Crippen molar-refractivity contribution in [3.8, 4) is 5.75 Å². The van der Waals surface area contributed by atoms with E-state index in [9.17, 15) is 10.1 Å². The highest BCUT2D eigenvalue weighted by Crippen LogP contribution is 2.31. The smallest absolute Gasteiger partial charge is 0.311 e. The number of methoxy groups -OCH3 is 1. The van der Waals surface area contributed by atoms with E-state index in [1.807, 2.05) is 0 Å². The molecule has 0 bridgehead atoms. The second kappa shape index (κ2) is 5.62. The number of ether oxygens (including phenoxy) is 1. The van der Waals surface area contributed by atoms with Crippen LogP contribution in [0.5, 0.6) is 5.75 Å². The molecule has 0 radical (unpaired) electrons. The fraction of sp³-hybridized carbons (Fsp3) is 0.0833. The van der Waals surface area contributed by atoms with Gasteiger partial charge in [0.2, 0.25) is 5.82 Å². The minimum absolute atomic E-state index is 0.0521. The highest BCUT2D eigenvalue weighted by molar-refractivity contribution is 6.32. The molecule has 1 aromatic heterocycles. The Morgan fingerprint density at radius 1 is 1.40 bits per heavy atom. The van der Waals surface area contributed by atoms with E-state index in [0.29, 0.717) is 16.5 Å². The second-order valence-electron chi connectivity index (χ2n) is 3.84. The number of nitro groups is 1. The first-order valence-corrected chi connectivity index (χ1v) is 5.90. The van der Waals surface area contributed by atoms with Crippen molar-refractivity contribution in [1.29, 1.82) is 0 Å². The number of rotatable bonds is 4. The third-order valence-electron chi connectivity index (χ3n) is 2.51. The lowest BCUT2D eigenvalue weighted by molar-refractivity contribution is -0.384. The van der Waals surface area contributed by atoms with Gasteiger partial charge < -0.3 is 15.8 Å². The Bertz CT molecular complexity index is 663. The summed E-state index contributed by atoms with van der Waals surface area (Å²) in [4.78, 5) is 14.3. The van der Waals surface area contributed by atoms with Crippen LogP contribution < -0.4 is 15.8 Å². The molecule has 1 aromatic carbocycles. The number of anilines is 3. The SMILES string of the molecule is COc1ccc(Nc2nc(N)ccc2[N+](=O)[O-])cc1Cl. The van der Waals surface area contributed by atoms with E-state index in [1.165, 1.54) is 19.2 Å². The van der Waals surface area contributed by atoms with E-state index in [-0.39, 0.29) is 17.3 Å². The van der Waals surface area contributed by atoms with Crippen LogP contribution in [0.1, 0.15) is 0 Å². The molecule has 0 aliphatic rings. The summed E-state index contributed by atoms with van der Waals surface area (Å²) in [5.74, 6) is 0.737. The zero-order chi connectivity index (χ0) is 14.7. The molecule has 0 saturated carbocycles. The topological polar surface area (TPSA) is 103 Å². The number of halogens is 1. The van der Waals surface area contributed by atoms with E-state index in [2.05, 4.69) is 10.3 Å². The van der Waals surface area contributed by atoms with E-state index in [0.717, 1.165) is 0 Å². The van der Waals surface area contributed by atoms with Crippen LogP contribution in [0.4, 0.5) is 23.0 Å². The maximum absolute atomic E-state index is 10.9. The van der Waals surface area contributed by atoms with Crippen molar-refractivity contribution >= 4 is 34.6 Å². The van der Waals surface area contributed by atoms with Crippen LogP contribution in [-0.2, 0) is 0 Å². The molecule has 2 rings (SSSR count). The van der Waals surface area contributed by atoms with Gasteiger partial charge in [0.25, 0.3) is 0 Å². The van der Waals surface area contributed by atoms with Crippen molar-refractivity contribution in [2.24, 2.45) is 0 Å². The number of aromatic nitrogens is 1. The average Bonchev–Trinajstić information content (AvgIpc) is 2.38. The molecule has 1 heterocycles. The van der Waals surface area contributed by atoms with Crippen LogP contribution in [0, 0.1) is 10.1 Å². The number of nitrogens with zero attached hydrogens (tertiary/aromatic N) is 2. The van der Waals surface area contributed by atoms with Crippen LogP contribution in [0.25, 0.3) is 0 Å². The predicted molar refractivity (Wildman–Crippen MR) is 76.6 cm³/mol. The van der Waals surface area contributed by atoms with E-state index in [4.69, 9.17) is 22.1 Å². The number of benzene rings is 1.